The minimum Gasteiger partial charge on any atom is -0.462 e. The number of nitrogens with zero attached hydrogens (tertiary/aromatic N) is 1. The number of Topliss-reactive ketones (excluding diaryl/α,β-unsaturated/α-hetero) is 1. The Morgan fingerprint density at radius 3 is 2.68 bits per heavy atom. The number of esters is 1. The highest BCUT2D eigenvalue weighted by atomic mass is 32.1. The maximum absolute atomic E-state index is 12.4. The van der Waals surface area contributed by atoms with Gasteiger partial charge in [0.15, 0.2) is 5.78 Å². The Hall–Kier alpha value is -1.73. The van der Waals surface area contributed by atoms with Crippen LogP contribution >= 0.6 is 11.3 Å². The highest BCUT2D eigenvalue weighted by molar-refractivity contribution is 7.18. The van der Waals surface area contributed by atoms with Gasteiger partial charge in [-0.1, -0.05) is 6.92 Å². The van der Waals surface area contributed by atoms with Crippen LogP contribution in [0.3, 0.4) is 0 Å². The van der Waals surface area contributed by atoms with Gasteiger partial charge in [0.05, 0.1) is 23.6 Å². The van der Waals surface area contributed by atoms with Crippen LogP contribution in [0.25, 0.3) is 0 Å². The zero-order valence-corrected chi connectivity index (χ0v) is 16.1. The van der Waals surface area contributed by atoms with Crippen molar-refractivity contribution in [1.29, 1.82) is 0 Å². The summed E-state index contributed by atoms with van der Waals surface area (Å²) in [5.41, 5.74) is 0.857. The second kappa shape index (κ2) is 8.58. The fraction of sp³-hybridized carbons (Fsp3) is 0.611. The van der Waals surface area contributed by atoms with Crippen LogP contribution in [0.2, 0.25) is 0 Å². The van der Waals surface area contributed by atoms with E-state index in [1.54, 1.807) is 13.8 Å². The number of anilines is 1. The summed E-state index contributed by atoms with van der Waals surface area (Å²) in [6.07, 6.45) is 2.28. The number of ketones is 1. The van der Waals surface area contributed by atoms with Crippen LogP contribution in [-0.4, -0.2) is 48.8 Å². The molecule has 1 aromatic heterocycles. The van der Waals surface area contributed by atoms with Gasteiger partial charge in [0.25, 0.3) is 0 Å². The predicted molar refractivity (Wildman–Crippen MR) is 98.5 cm³/mol. The molecule has 1 fully saturated rings. The molecule has 0 spiro atoms. The molecular formula is C18H26N2O4S. The van der Waals surface area contributed by atoms with Crippen molar-refractivity contribution in [3.05, 3.63) is 16.0 Å². The van der Waals surface area contributed by atoms with Gasteiger partial charge in [-0.15, -0.1) is 11.3 Å². The van der Waals surface area contributed by atoms with Crippen molar-refractivity contribution in [2.75, 3.05) is 31.6 Å². The molecule has 0 radical (unpaired) electrons. The molecule has 25 heavy (non-hydrogen) atoms. The van der Waals surface area contributed by atoms with Crippen LogP contribution in [0, 0.1) is 12.8 Å². The number of likely N-dealkylation sites (tertiary alicyclic amines) is 1. The third kappa shape index (κ3) is 4.89. The summed E-state index contributed by atoms with van der Waals surface area (Å²) in [5.74, 6) is -0.218. The number of amides is 1. The molecule has 1 saturated heterocycles. The molecule has 1 atom stereocenters. The number of nitrogens with one attached hydrogen (secondary N) is 1. The molecule has 6 nitrogen and oxygen atoms in total. The first-order valence-corrected chi connectivity index (χ1v) is 9.48. The molecule has 0 unspecified atom stereocenters. The molecule has 0 saturated carbocycles. The van der Waals surface area contributed by atoms with E-state index in [0.717, 1.165) is 30.8 Å². The van der Waals surface area contributed by atoms with Crippen LogP contribution in [0.1, 0.15) is 59.2 Å². The second-order valence-electron chi connectivity index (χ2n) is 6.57. The number of ether oxygens (including phenoxy) is 1. The van der Waals surface area contributed by atoms with E-state index >= 15 is 0 Å². The van der Waals surface area contributed by atoms with Crippen LogP contribution in [-0.2, 0) is 9.53 Å². The number of piperidine rings is 1. The average Bonchev–Trinajstić information content (AvgIpc) is 2.84. The Balaban J connectivity index is 2.16. The van der Waals surface area contributed by atoms with Crippen molar-refractivity contribution in [2.24, 2.45) is 5.92 Å². The number of carbonyl (C=O) groups is 3. The quantitative estimate of drug-likeness (QED) is 0.618. The first kappa shape index (κ1) is 19.6. The van der Waals surface area contributed by atoms with E-state index in [2.05, 4.69) is 17.1 Å². The Morgan fingerprint density at radius 1 is 1.36 bits per heavy atom. The molecule has 1 N–H and O–H groups in total. The summed E-state index contributed by atoms with van der Waals surface area (Å²) < 4.78 is 5.08. The van der Waals surface area contributed by atoms with Crippen LogP contribution < -0.4 is 5.32 Å². The van der Waals surface area contributed by atoms with Gasteiger partial charge in [0.2, 0.25) is 5.91 Å². The zero-order valence-electron chi connectivity index (χ0n) is 15.3. The minimum absolute atomic E-state index is 0.126. The SMILES string of the molecule is CCOC(=O)c1c(NC(=O)CN2CCC[C@H](C)C2)sc(C(C)=O)c1C. The summed E-state index contributed by atoms with van der Waals surface area (Å²) in [7, 11) is 0. The third-order valence-corrected chi connectivity index (χ3v) is 5.62. The fourth-order valence-corrected chi connectivity index (χ4v) is 4.29. The van der Waals surface area contributed by atoms with Crippen molar-refractivity contribution in [2.45, 2.75) is 40.5 Å². The van der Waals surface area contributed by atoms with Crippen LogP contribution in [0.15, 0.2) is 0 Å². The summed E-state index contributed by atoms with van der Waals surface area (Å²) in [5, 5.41) is 3.21. The van der Waals surface area contributed by atoms with Gasteiger partial charge in [-0.05, 0) is 51.6 Å². The number of hydrogen-bond acceptors (Lipinski definition) is 6. The molecule has 1 aliphatic rings. The van der Waals surface area contributed by atoms with Gasteiger partial charge in [-0.2, -0.15) is 0 Å². The Kier molecular flexibility index (Phi) is 6.72. The molecule has 0 aliphatic carbocycles. The standard InChI is InChI=1S/C18H26N2O4S/c1-5-24-18(23)15-12(3)16(13(4)21)25-17(15)19-14(22)10-20-8-6-7-11(2)9-20/h11H,5-10H2,1-4H3,(H,19,22)/t11-/m0/s1. The number of hydrogen-bond donors (Lipinski definition) is 1. The molecule has 2 heterocycles. The highest BCUT2D eigenvalue weighted by Gasteiger charge is 2.26. The van der Waals surface area contributed by atoms with E-state index in [1.165, 1.54) is 13.3 Å². The lowest BCUT2D eigenvalue weighted by Crippen LogP contribution is -2.39. The molecular weight excluding hydrogens is 340 g/mol. The zero-order chi connectivity index (χ0) is 18.6. The summed E-state index contributed by atoms with van der Waals surface area (Å²) in [6, 6.07) is 0. The summed E-state index contributed by atoms with van der Waals surface area (Å²) in [4.78, 5) is 39.1. The minimum atomic E-state index is -0.509. The molecule has 2 rings (SSSR count). The van der Waals surface area contributed by atoms with E-state index in [-0.39, 0.29) is 23.9 Å². The lowest BCUT2D eigenvalue weighted by Gasteiger charge is -2.30. The maximum Gasteiger partial charge on any atom is 0.341 e. The van der Waals surface area contributed by atoms with E-state index in [9.17, 15) is 14.4 Å². The normalized spacial score (nSPS) is 18.0. The number of carbonyl (C=O) groups excluding carboxylic acids is 3. The van der Waals surface area contributed by atoms with Crippen molar-refractivity contribution < 1.29 is 19.1 Å². The van der Waals surface area contributed by atoms with Gasteiger partial charge in [0, 0.05) is 6.54 Å². The average molecular weight is 366 g/mol. The number of rotatable bonds is 6. The Labute approximate surface area is 152 Å². The van der Waals surface area contributed by atoms with Gasteiger partial charge in [0.1, 0.15) is 5.00 Å². The Bertz CT molecular complexity index is 668. The van der Waals surface area contributed by atoms with Gasteiger partial charge >= 0.3 is 5.97 Å². The van der Waals surface area contributed by atoms with Crippen molar-refractivity contribution in [3.8, 4) is 0 Å². The van der Waals surface area contributed by atoms with Crippen molar-refractivity contribution >= 4 is 34.0 Å². The van der Waals surface area contributed by atoms with E-state index < -0.39 is 5.97 Å². The molecule has 1 aliphatic heterocycles. The largest absolute Gasteiger partial charge is 0.462 e. The lowest BCUT2D eigenvalue weighted by atomic mass is 10.0. The van der Waals surface area contributed by atoms with E-state index in [1.807, 2.05) is 0 Å². The van der Waals surface area contributed by atoms with Crippen molar-refractivity contribution in [3.63, 3.8) is 0 Å². The number of thiophene rings is 1. The van der Waals surface area contributed by atoms with Gasteiger partial charge in [-0.3, -0.25) is 14.5 Å². The monoisotopic (exact) mass is 366 g/mol. The second-order valence-corrected chi connectivity index (χ2v) is 7.59. The molecule has 7 heteroatoms. The van der Waals surface area contributed by atoms with E-state index in [0.29, 0.717) is 27.9 Å². The molecule has 1 aromatic rings. The lowest BCUT2D eigenvalue weighted by molar-refractivity contribution is -0.117. The molecule has 0 bridgehead atoms. The van der Waals surface area contributed by atoms with Crippen molar-refractivity contribution in [1.82, 2.24) is 4.90 Å². The predicted octanol–water partition coefficient (Wildman–Crippen LogP) is 3.11. The molecule has 0 aromatic carbocycles. The Morgan fingerprint density at radius 2 is 2.08 bits per heavy atom. The summed E-state index contributed by atoms with van der Waals surface area (Å²) >= 11 is 1.14. The van der Waals surface area contributed by atoms with Crippen LogP contribution in [0.5, 0.6) is 0 Å². The molecule has 1 amide bonds. The topological polar surface area (TPSA) is 75.7 Å². The first-order valence-electron chi connectivity index (χ1n) is 8.67. The fourth-order valence-electron chi connectivity index (χ4n) is 3.19. The first-order chi connectivity index (χ1) is 11.8. The van der Waals surface area contributed by atoms with Gasteiger partial charge in [-0.25, -0.2) is 4.79 Å². The smallest absolute Gasteiger partial charge is 0.341 e. The third-order valence-electron chi connectivity index (χ3n) is 4.31. The van der Waals surface area contributed by atoms with Crippen LogP contribution in [0.4, 0.5) is 5.00 Å². The maximum atomic E-state index is 12.4. The van der Waals surface area contributed by atoms with Gasteiger partial charge < -0.3 is 10.1 Å². The van der Waals surface area contributed by atoms with E-state index in [4.69, 9.17) is 4.74 Å². The molecule has 138 valence electrons. The highest BCUT2D eigenvalue weighted by Crippen LogP contribution is 2.34. The summed E-state index contributed by atoms with van der Waals surface area (Å²) in [6.45, 7) is 9.41.